The number of benzene rings is 1. The van der Waals surface area contributed by atoms with E-state index in [9.17, 15) is 0 Å². The SMILES string of the molecule is C[C@H]1CCC(c2ccc3nn(C4CC(C)(C)N(C)C(C)(C)C4)cc3c2)=NC1. The summed E-state index contributed by atoms with van der Waals surface area (Å²) in [5, 5.41) is 6.19. The van der Waals surface area contributed by atoms with Crippen molar-refractivity contribution in [3.8, 4) is 0 Å². The molecule has 4 nitrogen and oxygen atoms in total. The molecular weight excluding hydrogens is 332 g/mol. The highest BCUT2D eigenvalue weighted by molar-refractivity contribution is 6.03. The van der Waals surface area contributed by atoms with Gasteiger partial charge in [-0.3, -0.25) is 14.6 Å². The van der Waals surface area contributed by atoms with Crippen molar-refractivity contribution < 1.29 is 0 Å². The predicted molar refractivity (Wildman–Crippen MR) is 114 cm³/mol. The summed E-state index contributed by atoms with van der Waals surface area (Å²) in [4.78, 5) is 7.34. The molecule has 146 valence electrons. The highest BCUT2D eigenvalue weighted by Gasteiger charge is 2.43. The van der Waals surface area contributed by atoms with Gasteiger partial charge in [0.15, 0.2) is 0 Å². The van der Waals surface area contributed by atoms with Gasteiger partial charge in [-0.1, -0.05) is 13.0 Å². The van der Waals surface area contributed by atoms with Crippen molar-refractivity contribution in [3.05, 3.63) is 30.0 Å². The monoisotopic (exact) mass is 366 g/mol. The van der Waals surface area contributed by atoms with E-state index in [1.165, 1.54) is 23.1 Å². The fourth-order valence-corrected chi connectivity index (χ4v) is 4.97. The second-order valence-corrected chi connectivity index (χ2v) is 10.1. The number of aliphatic imine (C=N–C) groups is 1. The van der Waals surface area contributed by atoms with Crippen LogP contribution in [0.15, 0.2) is 29.4 Å². The van der Waals surface area contributed by atoms with E-state index in [2.05, 4.69) is 75.6 Å². The minimum Gasteiger partial charge on any atom is -0.296 e. The lowest BCUT2D eigenvalue weighted by molar-refractivity contribution is -0.0284. The maximum atomic E-state index is 4.95. The Balaban J connectivity index is 1.64. The summed E-state index contributed by atoms with van der Waals surface area (Å²) in [5.74, 6) is 0.719. The molecule has 1 saturated heterocycles. The first-order valence-electron chi connectivity index (χ1n) is 10.4. The van der Waals surface area contributed by atoms with E-state index in [1.54, 1.807) is 0 Å². The molecule has 0 saturated carbocycles. The molecule has 3 heterocycles. The molecule has 2 aliphatic heterocycles. The number of piperidine rings is 1. The molecule has 0 spiro atoms. The minimum atomic E-state index is 0.170. The zero-order chi connectivity index (χ0) is 19.4. The zero-order valence-electron chi connectivity index (χ0n) is 17.8. The lowest BCUT2D eigenvalue weighted by Crippen LogP contribution is -2.58. The van der Waals surface area contributed by atoms with Gasteiger partial charge in [-0.2, -0.15) is 5.10 Å². The fraction of sp³-hybridized carbons (Fsp3) is 0.652. The first-order chi connectivity index (χ1) is 12.7. The van der Waals surface area contributed by atoms with E-state index in [4.69, 9.17) is 10.1 Å². The Morgan fingerprint density at radius 1 is 1.07 bits per heavy atom. The number of hydrogen-bond donors (Lipinski definition) is 0. The van der Waals surface area contributed by atoms with E-state index in [0.717, 1.165) is 37.2 Å². The molecule has 4 heteroatoms. The van der Waals surface area contributed by atoms with Gasteiger partial charge in [-0.15, -0.1) is 0 Å². The Bertz CT molecular complexity index is 856. The average Bonchev–Trinajstić information content (AvgIpc) is 3.03. The van der Waals surface area contributed by atoms with E-state index >= 15 is 0 Å². The van der Waals surface area contributed by atoms with Crippen molar-refractivity contribution in [2.24, 2.45) is 10.9 Å². The third-order valence-corrected chi connectivity index (χ3v) is 6.98. The molecule has 0 amide bonds. The third-order valence-electron chi connectivity index (χ3n) is 6.98. The summed E-state index contributed by atoms with van der Waals surface area (Å²) in [7, 11) is 2.26. The van der Waals surface area contributed by atoms with E-state index in [-0.39, 0.29) is 11.1 Å². The Kier molecular flexibility index (Phi) is 4.45. The van der Waals surface area contributed by atoms with Crippen LogP contribution >= 0.6 is 0 Å². The maximum Gasteiger partial charge on any atom is 0.0923 e. The van der Waals surface area contributed by atoms with Crippen molar-refractivity contribution in [1.82, 2.24) is 14.7 Å². The minimum absolute atomic E-state index is 0.170. The largest absolute Gasteiger partial charge is 0.296 e. The molecule has 2 aliphatic rings. The average molecular weight is 367 g/mol. The Hall–Kier alpha value is -1.68. The highest BCUT2D eigenvalue weighted by atomic mass is 15.3. The Morgan fingerprint density at radius 3 is 2.41 bits per heavy atom. The first kappa shape index (κ1) is 18.7. The van der Waals surface area contributed by atoms with Gasteiger partial charge in [0.2, 0.25) is 0 Å². The molecule has 1 aromatic carbocycles. The van der Waals surface area contributed by atoms with E-state index in [1.807, 2.05) is 0 Å². The van der Waals surface area contributed by atoms with Gasteiger partial charge in [0.1, 0.15) is 0 Å². The van der Waals surface area contributed by atoms with Crippen molar-refractivity contribution in [3.63, 3.8) is 0 Å². The van der Waals surface area contributed by atoms with Gasteiger partial charge in [-0.05, 0) is 84.0 Å². The molecule has 0 unspecified atom stereocenters. The molecule has 4 rings (SSSR count). The second kappa shape index (κ2) is 6.44. The number of fused-ring (bicyclic) bond motifs is 1. The third kappa shape index (κ3) is 3.44. The number of likely N-dealkylation sites (tertiary alicyclic amines) is 1. The molecule has 1 atom stereocenters. The molecule has 27 heavy (non-hydrogen) atoms. The van der Waals surface area contributed by atoms with Crippen molar-refractivity contribution in [1.29, 1.82) is 0 Å². The van der Waals surface area contributed by atoms with Crippen LogP contribution in [0.1, 0.15) is 71.9 Å². The molecule has 0 N–H and O–H groups in total. The Morgan fingerprint density at radius 2 is 1.78 bits per heavy atom. The van der Waals surface area contributed by atoms with Crippen molar-refractivity contribution in [2.45, 2.75) is 77.4 Å². The zero-order valence-corrected chi connectivity index (χ0v) is 17.8. The van der Waals surface area contributed by atoms with E-state index in [0.29, 0.717) is 6.04 Å². The lowest BCUT2D eigenvalue weighted by atomic mass is 9.77. The maximum absolute atomic E-state index is 4.95. The molecular formula is C23H34N4. The van der Waals surface area contributed by atoms with Crippen LogP contribution < -0.4 is 0 Å². The fourth-order valence-electron chi connectivity index (χ4n) is 4.97. The number of rotatable bonds is 2. The summed E-state index contributed by atoms with van der Waals surface area (Å²) in [6.07, 6.45) is 6.85. The second-order valence-electron chi connectivity index (χ2n) is 10.1. The topological polar surface area (TPSA) is 33.4 Å². The van der Waals surface area contributed by atoms with Crippen LogP contribution in [0.3, 0.4) is 0 Å². The van der Waals surface area contributed by atoms with Gasteiger partial charge in [-0.25, -0.2) is 0 Å². The van der Waals surface area contributed by atoms with Crippen LogP contribution in [0.5, 0.6) is 0 Å². The van der Waals surface area contributed by atoms with Crippen LogP contribution in [-0.4, -0.2) is 45.1 Å². The summed E-state index contributed by atoms with van der Waals surface area (Å²) < 4.78 is 2.23. The summed E-state index contributed by atoms with van der Waals surface area (Å²) in [6.45, 7) is 12.7. The predicted octanol–water partition coefficient (Wildman–Crippen LogP) is 5.08. The summed E-state index contributed by atoms with van der Waals surface area (Å²) >= 11 is 0. The van der Waals surface area contributed by atoms with Crippen LogP contribution in [0.2, 0.25) is 0 Å². The summed E-state index contributed by atoms with van der Waals surface area (Å²) in [5.41, 5.74) is 3.98. The lowest BCUT2D eigenvalue weighted by Gasteiger charge is -2.53. The smallest absolute Gasteiger partial charge is 0.0923 e. The van der Waals surface area contributed by atoms with Gasteiger partial charge in [0.05, 0.1) is 11.6 Å². The van der Waals surface area contributed by atoms with Gasteiger partial charge >= 0.3 is 0 Å². The van der Waals surface area contributed by atoms with Gasteiger partial charge < -0.3 is 0 Å². The van der Waals surface area contributed by atoms with Crippen LogP contribution in [0, 0.1) is 5.92 Å². The number of aromatic nitrogens is 2. The highest BCUT2D eigenvalue weighted by Crippen LogP contribution is 2.42. The molecule has 1 fully saturated rings. The van der Waals surface area contributed by atoms with Crippen LogP contribution in [-0.2, 0) is 0 Å². The molecule has 1 aromatic heterocycles. The molecule has 0 radical (unpaired) electrons. The van der Waals surface area contributed by atoms with Crippen molar-refractivity contribution in [2.75, 3.05) is 13.6 Å². The molecule has 0 aliphatic carbocycles. The normalized spacial score (nSPS) is 26.3. The molecule has 0 bridgehead atoms. The van der Waals surface area contributed by atoms with Crippen molar-refractivity contribution >= 4 is 16.6 Å². The van der Waals surface area contributed by atoms with Crippen LogP contribution in [0.25, 0.3) is 10.9 Å². The number of nitrogens with zero attached hydrogens (tertiary/aromatic N) is 4. The Labute approximate surface area is 163 Å². The molecule has 2 aromatic rings. The van der Waals surface area contributed by atoms with Crippen LogP contribution in [0.4, 0.5) is 0 Å². The van der Waals surface area contributed by atoms with Gasteiger partial charge in [0, 0.05) is 34.9 Å². The standard InChI is InChI=1S/C23H34N4/c1-16-7-9-20(24-14-16)17-8-10-21-18(11-17)15-27(25-21)19-12-22(2,3)26(6)23(4,5)13-19/h8,10-11,15-16,19H,7,9,12-14H2,1-6H3/t16-/m0/s1. The van der Waals surface area contributed by atoms with Gasteiger partial charge in [0.25, 0.3) is 0 Å². The summed E-state index contributed by atoms with van der Waals surface area (Å²) in [6, 6.07) is 7.11. The van der Waals surface area contributed by atoms with E-state index < -0.39 is 0 Å². The number of hydrogen-bond acceptors (Lipinski definition) is 3. The first-order valence-corrected chi connectivity index (χ1v) is 10.4. The quantitative estimate of drug-likeness (QED) is 0.743.